The number of halogens is 3. The molecule has 1 rings (SSSR count). The first kappa shape index (κ1) is 11.8. The van der Waals surface area contributed by atoms with Crippen molar-refractivity contribution in [1.29, 1.82) is 0 Å². The topological polar surface area (TPSA) is 50.2 Å². The predicted octanol–water partition coefficient (Wildman–Crippen LogP) is 2.76. The Labute approximate surface area is 89.7 Å². The average molecular weight is 236 g/mol. The highest BCUT2D eigenvalue weighted by molar-refractivity contribution is 6.17. The van der Waals surface area contributed by atoms with Crippen LogP contribution in [0.5, 0.6) is 0 Å². The Morgan fingerprint density at radius 3 is 2.67 bits per heavy atom. The molecule has 0 spiro atoms. The van der Waals surface area contributed by atoms with Crippen LogP contribution in [-0.4, -0.2) is 16.1 Å². The number of carbonyl (C=O) groups is 1. The van der Waals surface area contributed by atoms with Gasteiger partial charge in [-0.2, -0.15) is 0 Å². The Hall–Kier alpha value is -1.23. The lowest BCUT2D eigenvalue weighted by atomic mass is 10.0. The van der Waals surface area contributed by atoms with Gasteiger partial charge in [-0.15, -0.1) is 11.6 Å². The van der Waals surface area contributed by atoms with Crippen LogP contribution in [0.3, 0.4) is 0 Å². The van der Waals surface area contributed by atoms with Crippen LogP contribution in [0.4, 0.5) is 8.78 Å². The van der Waals surface area contributed by atoms with Gasteiger partial charge in [0, 0.05) is 11.8 Å². The molecule has 3 nitrogen and oxygen atoms in total. The first-order chi connectivity index (χ1) is 6.99. The molecule has 0 saturated carbocycles. The number of aromatic carboxylic acids is 1. The van der Waals surface area contributed by atoms with Crippen molar-refractivity contribution in [2.45, 2.75) is 19.2 Å². The molecule has 0 fully saturated rings. The minimum absolute atomic E-state index is 0.0224. The maximum Gasteiger partial charge on any atom is 0.337 e. The molecule has 0 saturated heterocycles. The zero-order valence-corrected chi connectivity index (χ0v) is 8.55. The average Bonchev–Trinajstić information content (AvgIpc) is 2.16. The van der Waals surface area contributed by atoms with Gasteiger partial charge in [0.05, 0.1) is 17.1 Å². The molecule has 6 heteroatoms. The van der Waals surface area contributed by atoms with Crippen LogP contribution in [0, 0.1) is 6.92 Å². The van der Waals surface area contributed by atoms with Crippen molar-refractivity contribution in [3.05, 3.63) is 28.6 Å². The lowest BCUT2D eigenvalue weighted by Gasteiger charge is -2.10. The van der Waals surface area contributed by atoms with Crippen molar-refractivity contribution in [2.75, 3.05) is 0 Å². The lowest BCUT2D eigenvalue weighted by Crippen LogP contribution is -2.08. The Balaban J connectivity index is 3.44. The van der Waals surface area contributed by atoms with Crippen LogP contribution < -0.4 is 0 Å². The van der Waals surface area contributed by atoms with Crippen LogP contribution in [0.1, 0.15) is 33.6 Å². The number of hydrogen-bond acceptors (Lipinski definition) is 2. The van der Waals surface area contributed by atoms with E-state index in [4.69, 9.17) is 16.7 Å². The van der Waals surface area contributed by atoms with Crippen LogP contribution >= 0.6 is 11.6 Å². The van der Waals surface area contributed by atoms with Gasteiger partial charge >= 0.3 is 5.97 Å². The number of rotatable bonds is 3. The first-order valence-electron chi connectivity index (χ1n) is 4.04. The van der Waals surface area contributed by atoms with Crippen LogP contribution in [0.2, 0.25) is 0 Å². The minimum atomic E-state index is -2.85. The van der Waals surface area contributed by atoms with Crippen molar-refractivity contribution < 1.29 is 18.7 Å². The first-order valence-corrected chi connectivity index (χ1v) is 4.58. The zero-order valence-electron chi connectivity index (χ0n) is 7.80. The number of hydrogen-bond donors (Lipinski definition) is 1. The van der Waals surface area contributed by atoms with Gasteiger partial charge in [-0.1, -0.05) is 0 Å². The van der Waals surface area contributed by atoms with Crippen molar-refractivity contribution in [3.63, 3.8) is 0 Å². The second kappa shape index (κ2) is 4.53. The molecule has 0 aliphatic heterocycles. The summed E-state index contributed by atoms with van der Waals surface area (Å²) < 4.78 is 25.3. The molecule has 15 heavy (non-hydrogen) atoms. The third-order valence-electron chi connectivity index (χ3n) is 2.05. The molecule has 0 aliphatic carbocycles. The monoisotopic (exact) mass is 235 g/mol. The third-order valence-corrected chi connectivity index (χ3v) is 2.30. The summed E-state index contributed by atoms with van der Waals surface area (Å²) in [7, 11) is 0. The summed E-state index contributed by atoms with van der Waals surface area (Å²) in [6.07, 6.45) is -1.93. The number of carboxylic acids is 1. The quantitative estimate of drug-likeness (QED) is 0.820. The van der Waals surface area contributed by atoms with Crippen molar-refractivity contribution in [3.8, 4) is 0 Å². The highest BCUT2D eigenvalue weighted by atomic mass is 35.5. The van der Waals surface area contributed by atoms with Gasteiger partial charge in [0.15, 0.2) is 0 Å². The minimum Gasteiger partial charge on any atom is -0.478 e. The van der Waals surface area contributed by atoms with E-state index in [1.54, 1.807) is 0 Å². The summed E-state index contributed by atoms with van der Waals surface area (Å²) in [5, 5.41) is 8.70. The Kier molecular flexibility index (Phi) is 3.57. The standard InChI is InChI=1S/C9H8ClF2NO2/c1-4-6(2-10)13-3-5(9(14)15)7(4)8(11)12/h3,8H,2H2,1H3,(H,14,15). The highest BCUT2D eigenvalue weighted by Gasteiger charge is 2.22. The molecule has 0 amide bonds. The van der Waals surface area contributed by atoms with Crippen molar-refractivity contribution >= 4 is 17.6 Å². The van der Waals surface area contributed by atoms with E-state index >= 15 is 0 Å². The number of carboxylic acid groups (broad SMARTS) is 1. The molecule has 0 aliphatic rings. The van der Waals surface area contributed by atoms with Gasteiger partial charge in [0.1, 0.15) is 0 Å². The fraction of sp³-hybridized carbons (Fsp3) is 0.333. The molecule has 0 bridgehead atoms. The molecule has 0 unspecified atom stereocenters. The summed E-state index contributed by atoms with van der Waals surface area (Å²) in [6, 6.07) is 0. The summed E-state index contributed by atoms with van der Waals surface area (Å²) >= 11 is 5.49. The van der Waals surface area contributed by atoms with Gasteiger partial charge in [0.2, 0.25) is 0 Å². The SMILES string of the molecule is Cc1c(CCl)ncc(C(=O)O)c1C(F)F. The van der Waals surface area contributed by atoms with Crippen LogP contribution in [0.25, 0.3) is 0 Å². The second-order valence-corrected chi connectivity index (χ2v) is 3.16. The number of nitrogens with zero attached hydrogens (tertiary/aromatic N) is 1. The maximum atomic E-state index is 12.6. The van der Waals surface area contributed by atoms with Gasteiger partial charge in [-0.25, -0.2) is 13.6 Å². The Bertz CT molecular complexity index is 396. The number of aromatic nitrogens is 1. The number of pyridine rings is 1. The summed E-state index contributed by atoms with van der Waals surface area (Å²) in [5.74, 6) is -1.44. The molecule has 82 valence electrons. The van der Waals surface area contributed by atoms with Crippen molar-refractivity contribution in [2.24, 2.45) is 0 Å². The molecule has 0 radical (unpaired) electrons. The van der Waals surface area contributed by atoms with E-state index in [-0.39, 0.29) is 17.1 Å². The molecule has 1 N–H and O–H groups in total. The van der Waals surface area contributed by atoms with Crippen molar-refractivity contribution in [1.82, 2.24) is 4.98 Å². The fourth-order valence-electron chi connectivity index (χ4n) is 1.25. The molecule has 0 atom stereocenters. The maximum absolute atomic E-state index is 12.6. The van der Waals surface area contributed by atoms with Gasteiger partial charge in [-0.05, 0) is 12.5 Å². The summed E-state index contributed by atoms with van der Waals surface area (Å²) in [5.41, 5.74) is -0.568. The third kappa shape index (κ3) is 2.23. The molecule has 1 aromatic heterocycles. The molecule has 1 heterocycles. The van der Waals surface area contributed by atoms with Gasteiger partial charge < -0.3 is 5.11 Å². The van der Waals surface area contributed by atoms with E-state index in [0.717, 1.165) is 6.20 Å². The Morgan fingerprint density at radius 1 is 1.67 bits per heavy atom. The van der Waals surface area contributed by atoms with Crippen LogP contribution in [0.15, 0.2) is 6.20 Å². The van der Waals surface area contributed by atoms with E-state index in [1.165, 1.54) is 6.92 Å². The largest absolute Gasteiger partial charge is 0.478 e. The Morgan fingerprint density at radius 2 is 2.27 bits per heavy atom. The lowest BCUT2D eigenvalue weighted by molar-refractivity contribution is 0.0683. The summed E-state index contributed by atoms with van der Waals surface area (Å²) in [6.45, 7) is 1.39. The fourth-order valence-corrected chi connectivity index (χ4v) is 1.52. The predicted molar refractivity (Wildman–Crippen MR) is 50.4 cm³/mol. The van der Waals surface area contributed by atoms with E-state index in [1.807, 2.05) is 0 Å². The highest BCUT2D eigenvalue weighted by Crippen LogP contribution is 2.28. The van der Waals surface area contributed by atoms with E-state index in [2.05, 4.69) is 4.98 Å². The number of alkyl halides is 3. The second-order valence-electron chi connectivity index (χ2n) is 2.90. The molecule has 1 aromatic rings. The van der Waals surface area contributed by atoms with E-state index < -0.39 is 23.5 Å². The molecular formula is C9H8ClF2NO2. The zero-order chi connectivity index (χ0) is 11.6. The van der Waals surface area contributed by atoms with Gasteiger partial charge in [0.25, 0.3) is 6.43 Å². The summed E-state index contributed by atoms with van der Waals surface area (Å²) in [4.78, 5) is 14.4. The molecular weight excluding hydrogens is 228 g/mol. The smallest absolute Gasteiger partial charge is 0.337 e. The molecule has 0 aromatic carbocycles. The van der Waals surface area contributed by atoms with Gasteiger partial charge in [-0.3, -0.25) is 4.98 Å². The van der Waals surface area contributed by atoms with Crippen LogP contribution in [-0.2, 0) is 5.88 Å². The van der Waals surface area contributed by atoms with E-state index in [9.17, 15) is 13.6 Å². The normalized spacial score (nSPS) is 10.7. The van der Waals surface area contributed by atoms with E-state index in [0.29, 0.717) is 0 Å².